The Hall–Kier alpha value is -2.63. The van der Waals surface area contributed by atoms with Crippen LogP contribution in [0.4, 0.5) is 10.2 Å². The number of carbonyl (C=O) groups is 1. The number of nitrogen functional groups attached to an aromatic ring is 1. The van der Waals surface area contributed by atoms with Crippen molar-refractivity contribution in [2.75, 3.05) is 12.8 Å². The van der Waals surface area contributed by atoms with Crippen LogP contribution in [0, 0.1) is 5.82 Å². The lowest BCUT2D eigenvalue weighted by Gasteiger charge is -2.15. The van der Waals surface area contributed by atoms with Crippen LogP contribution in [0.15, 0.2) is 34.4 Å². The van der Waals surface area contributed by atoms with Crippen LogP contribution in [-0.2, 0) is 9.53 Å². The molecule has 0 spiro atoms. The Balaban J connectivity index is 2.24. The minimum atomic E-state index is -0.533. The molecular weight excluding hydrogens is 275 g/mol. The maximum Gasteiger partial charge on any atom is 0.335 e. The quantitative estimate of drug-likeness (QED) is 0.859. The summed E-state index contributed by atoms with van der Waals surface area (Å²) in [6.07, 6.45) is 0. The molecule has 0 aliphatic heterocycles. The van der Waals surface area contributed by atoms with E-state index in [2.05, 4.69) is 5.16 Å². The van der Waals surface area contributed by atoms with Crippen LogP contribution in [0.3, 0.4) is 0 Å². The Morgan fingerprint density at radius 2 is 2.24 bits per heavy atom. The van der Waals surface area contributed by atoms with Gasteiger partial charge in [0.2, 0.25) is 0 Å². The molecule has 0 saturated heterocycles. The number of nitrogens with two attached hydrogens (primary N) is 1. The molecule has 1 aromatic heterocycles. The molecule has 2 aromatic rings. The summed E-state index contributed by atoms with van der Waals surface area (Å²) in [5.41, 5.74) is 8.03. The number of allylic oxidation sites excluding steroid dienone is 1. The van der Waals surface area contributed by atoms with Gasteiger partial charge in [-0.1, -0.05) is 17.3 Å². The van der Waals surface area contributed by atoms with Crippen LogP contribution in [0.2, 0.25) is 0 Å². The average Bonchev–Trinajstić information content (AvgIpc) is 2.98. The fourth-order valence-electron chi connectivity index (χ4n) is 2.74. The second-order valence-electron chi connectivity index (χ2n) is 4.83. The Kier molecular flexibility index (Phi) is 3.01. The van der Waals surface area contributed by atoms with Gasteiger partial charge in [0.05, 0.1) is 18.2 Å². The first-order valence-electron chi connectivity index (χ1n) is 6.34. The molecule has 6 heteroatoms. The molecule has 1 unspecified atom stereocenters. The van der Waals surface area contributed by atoms with E-state index in [9.17, 15) is 9.18 Å². The van der Waals surface area contributed by atoms with Crippen LogP contribution < -0.4 is 5.73 Å². The molecule has 0 amide bonds. The molecule has 0 fully saturated rings. The summed E-state index contributed by atoms with van der Waals surface area (Å²) < 4.78 is 23.6. The summed E-state index contributed by atoms with van der Waals surface area (Å²) in [6, 6.07) is 6.01. The maximum atomic E-state index is 13.5. The molecule has 1 aliphatic carbocycles. The van der Waals surface area contributed by atoms with Gasteiger partial charge in [0.1, 0.15) is 5.82 Å². The van der Waals surface area contributed by atoms with E-state index in [4.69, 9.17) is 15.0 Å². The van der Waals surface area contributed by atoms with Crippen molar-refractivity contribution in [2.24, 2.45) is 0 Å². The molecule has 0 bridgehead atoms. The topological polar surface area (TPSA) is 78.3 Å². The zero-order valence-corrected chi connectivity index (χ0v) is 11.5. The van der Waals surface area contributed by atoms with Crippen molar-refractivity contribution >= 4 is 17.4 Å². The number of methoxy groups -OCH3 is 1. The number of rotatable bonds is 2. The van der Waals surface area contributed by atoms with Crippen molar-refractivity contribution in [3.63, 3.8) is 0 Å². The summed E-state index contributed by atoms with van der Waals surface area (Å²) in [7, 11) is 1.30. The third-order valence-corrected chi connectivity index (χ3v) is 3.67. The maximum absolute atomic E-state index is 13.5. The number of carbonyl (C=O) groups excluding carboxylic acids is 1. The van der Waals surface area contributed by atoms with Crippen molar-refractivity contribution < 1.29 is 18.4 Å². The lowest BCUT2D eigenvalue weighted by Crippen LogP contribution is -2.13. The minimum absolute atomic E-state index is 0.192. The number of hydrogen-bond acceptors (Lipinski definition) is 5. The van der Waals surface area contributed by atoms with E-state index in [0.717, 1.165) is 0 Å². The van der Waals surface area contributed by atoms with Crippen LogP contribution >= 0.6 is 0 Å². The molecule has 1 atom stereocenters. The van der Waals surface area contributed by atoms with Gasteiger partial charge >= 0.3 is 5.97 Å². The van der Waals surface area contributed by atoms with E-state index >= 15 is 0 Å². The van der Waals surface area contributed by atoms with Gasteiger partial charge < -0.3 is 15.0 Å². The molecule has 2 N–H and O–H groups in total. The summed E-state index contributed by atoms with van der Waals surface area (Å²) in [5, 5.41) is 3.73. The fourth-order valence-corrected chi connectivity index (χ4v) is 2.74. The highest BCUT2D eigenvalue weighted by Gasteiger charge is 2.40. The molecule has 21 heavy (non-hydrogen) atoms. The second-order valence-corrected chi connectivity index (χ2v) is 4.83. The summed E-state index contributed by atoms with van der Waals surface area (Å²) in [5.74, 6) is -0.778. The largest absolute Gasteiger partial charge is 0.466 e. The van der Waals surface area contributed by atoms with E-state index < -0.39 is 17.7 Å². The minimum Gasteiger partial charge on any atom is -0.466 e. The van der Waals surface area contributed by atoms with Gasteiger partial charge in [0.25, 0.3) is 0 Å². The summed E-state index contributed by atoms with van der Waals surface area (Å²) >= 11 is 0. The number of hydrogen-bond donors (Lipinski definition) is 1. The lowest BCUT2D eigenvalue weighted by molar-refractivity contribution is -0.136. The van der Waals surface area contributed by atoms with Gasteiger partial charge in [0.15, 0.2) is 11.6 Å². The number of benzene rings is 1. The number of esters is 1. The van der Waals surface area contributed by atoms with E-state index in [1.54, 1.807) is 19.1 Å². The van der Waals surface area contributed by atoms with Crippen molar-refractivity contribution in [3.05, 3.63) is 52.5 Å². The molecule has 1 aliphatic rings. The fraction of sp³-hybridized carbons (Fsp3) is 0.200. The van der Waals surface area contributed by atoms with E-state index in [0.29, 0.717) is 28.0 Å². The lowest BCUT2D eigenvalue weighted by atomic mass is 9.89. The zero-order valence-electron chi connectivity index (χ0n) is 11.5. The van der Waals surface area contributed by atoms with Crippen LogP contribution in [0.1, 0.15) is 29.7 Å². The Labute approximate surface area is 120 Å². The molecule has 3 rings (SSSR count). The normalized spacial score (nSPS) is 17.0. The number of halogens is 1. The van der Waals surface area contributed by atoms with Crippen LogP contribution in [0.5, 0.6) is 0 Å². The third kappa shape index (κ3) is 1.91. The SMILES string of the molecule is COC(=O)C1=C(C)c2onc(N)c2C1c1cccc(F)c1. The Morgan fingerprint density at radius 1 is 1.48 bits per heavy atom. The first kappa shape index (κ1) is 13.4. The van der Waals surface area contributed by atoms with Crippen molar-refractivity contribution in [3.8, 4) is 0 Å². The predicted octanol–water partition coefficient (Wildman–Crippen LogP) is 2.49. The van der Waals surface area contributed by atoms with Crippen LogP contribution in [0.25, 0.3) is 5.57 Å². The van der Waals surface area contributed by atoms with Gasteiger partial charge in [-0.2, -0.15) is 0 Å². The Bertz CT molecular complexity index is 764. The van der Waals surface area contributed by atoms with Gasteiger partial charge in [-0.3, -0.25) is 0 Å². The average molecular weight is 288 g/mol. The number of ether oxygens (including phenoxy) is 1. The Morgan fingerprint density at radius 3 is 2.90 bits per heavy atom. The van der Waals surface area contributed by atoms with Gasteiger partial charge in [-0.05, 0) is 24.6 Å². The highest BCUT2D eigenvalue weighted by atomic mass is 19.1. The number of aromatic nitrogens is 1. The van der Waals surface area contributed by atoms with Crippen molar-refractivity contribution in [2.45, 2.75) is 12.8 Å². The first-order chi connectivity index (χ1) is 10.0. The predicted molar refractivity (Wildman–Crippen MR) is 73.8 cm³/mol. The molecule has 1 aromatic carbocycles. The summed E-state index contributed by atoms with van der Waals surface area (Å²) in [6.45, 7) is 1.73. The molecule has 5 nitrogen and oxygen atoms in total. The third-order valence-electron chi connectivity index (χ3n) is 3.67. The van der Waals surface area contributed by atoms with Crippen molar-refractivity contribution in [1.29, 1.82) is 0 Å². The molecule has 0 saturated carbocycles. The van der Waals surface area contributed by atoms with Gasteiger partial charge in [-0.25, -0.2) is 9.18 Å². The highest BCUT2D eigenvalue weighted by Crippen LogP contribution is 2.48. The smallest absolute Gasteiger partial charge is 0.335 e. The molecule has 108 valence electrons. The standard InChI is InChI=1S/C15H13FN2O3/c1-7-10(15(19)20-2)11(8-4-3-5-9(16)6-8)12-13(7)21-18-14(12)17/h3-6,11H,1-2H3,(H2,17,18). The molecular formula is C15H13FN2O3. The second kappa shape index (κ2) is 4.73. The highest BCUT2D eigenvalue weighted by molar-refractivity contribution is 6.03. The van der Waals surface area contributed by atoms with Gasteiger partial charge in [-0.15, -0.1) is 0 Å². The number of anilines is 1. The molecule has 0 radical (unpaired) electrons. The number of fused-ring (bicyclic) bond motifs is 1. The molecule has 1 heterocycles. The van der Waals surface area contributed by atoms with Crippen LogP contribution in [-0.4, -0.2) is 18.2 Å². The van der Waals surface area contributed by atoms with E-state index in [-0.39, 0.29) is 5.82 Å². The van der Waals surface area contributed by atoms with E-state index in [1.165, 1.54) is 19.2 Å². The van der Waals surface area contributed by atoms with E-state index in [1.807, 2.05) is 0 Å². The van der Waals surface area contributed by atoms with Gasteiger partial charge in [0, 0.05) is 11.5 Å². The number of nitrogens with zero attached hydrogens (tertiary/aromatic N) is 1. The zero-order chi connectivity index (χ0) is 15.1. The first-order valence-corrected chi connectivity index (χ1v) is 6.34. The van der Waals surface area contributed by atoms with Crippen molar-refractivity contribution in [1.82, 2.24) is 5.16 Å². The summed E-state index contributed by atoms with van der Waals surface area (Å²) in [4.78, 5) is 12.1. The monoisotopic (exact) mass is 288 g/mol.